The van der Waals surface area contributed by atoms with Crippen LogP contribution in [0.5, 0.6) is 0 Å². The second-order valence-electron chi connectivity index (χ2n) is 5.36. The molecule has 1 amide bonds. The van der Waals surface area contributed by atoms with Crippen LogP contribution in [0.2, 0.25) is 0 Å². The lowest BCUT2D eigenvalue weighted by Gasteiger charge is -2.23. The number of rotatable bonds is 4. The predicted octanol–water partition coefficient (Wildman–Crippen LogP) is 3.51. The summed E-state index contributed by atoms with van der Waals surface area (Å²) in [4.78, 5) is 11.8. The zero-order chi connectivity index (χ0) is 15.4. The van der Waals surface area contributed by atoms with E-state index in [4.69, 9.17) is 4.74 Å². The molecule has 2 aromatic carbocycles. The summed E-state index contributed by atoms with van der Waals surface area (Å²) in [6, 6.07) is 18.4. The largest absolute Gasteiger partial charge is 0.450 e. The minimum absolute atomic E-state index is 0.0170. The van der Waals surface area contributed by atoms with E-state index >= 15 is 0 Å². The Balaban J connectivity index is 1.82. The van der Waals surface area contributed by atoms with Crippen LogP contribution in [-0.2, 0) is 11.2 Å². The molecule has 114 valence electrons. The molecular weight excluding hydrogens is 276 g/mol. The van der Waals surface area contributed by atoms with E-state index in [0.29, 0.717) is 6.61 Å². The summed E-state index contributed by atoms with van der Waals surface area (Å²) in [5.41, 5.74) is 3.53. The van der Waals surface area contributed by atoms with Crippen molar-refractivity contribution in [1.29, 1.82) is 0 Å². The maximum Gasteiger partial charge on any atom is 0.407 e. The van der Waals surface area contributed by atoms with Crippen LogP contribution in [-0.4, -0.2) is 18.7 Å². The highest BCUT2D eigenvalue weighted by Crippen LogP contribution is 2.34. The van der Waals surface area contributed by atoms with Gasteiger partial charge in [-0.15, -0.1) is 0 Å². The molecular formula is C18H20N2O2. The van der Waals surface area contributed by atoms with Gasteiger partial charge in [0.15, 0.2) is 0 Å². The number of benzene rings is 2. The Hall–Kier alpha value is -2.49. The normalized spacial score (nSPS) is 19.3. The number of para-hydroxylation sites is 1. The number of hydrogen-bond donors (Lipinski definition) is 2. The summed E-state index contributed by atoms with van der Waals surface area (Å²) in [6.45, 7) is 2.19. The molecule has 2 N–H and O–H groups in total. The first-order valence-corrected chi connectivity index (χ1v) is 7.60. The lowest BCUT2D eigenvalue weighted by Crippen LogP contribution is -2.40. The maximum absolute atomic E-state index is 11.8. The molecule has 0 saturated carbocycles. The predicted molar refractivity (Wildman–Crippen MR) is 86.9 cm³/mol. The number of carbonyl (C=O) groups excluding carboxylic acids is 1. The third kappa shape index (κ3) is 3.06. The van der Waals surface area contributed by atoms with E-state index < -0.39 is 0 Å². The van der Waals surface area contributed by atoms with Gasteiger partial charge < -0.3 is 15.4 Å². The summed E-state index contributed by atoms with van der Waals surface area (Å²) < 4.78 is 5.02. The summed E-state index contributed by atoms with van der Waals surface area (Å²) in [5, 5.41) is 6.50. The Morgan fingerprint density at radius 2 is 1.86 bits per heavy atom. The van der Waals surface area contributed by atoms with Crippen molar-refractivity contribution in [2.75, 3.05) is 11.9 Å². The molecule has 1 aliphatic carbocycles. The Labute approximate surface area is 130 Å². The van der Waals surface area contributed by atoms with Crippen LogP contribution in [0.3, 0.4) is 0 Å². The quantitative estimate of drug-likeness (QED) is 0.907. The SMILES string of the molecule is CCOC(=O)N[C@@H]1Cc2ccccc2[C@H]1Nc1ccccc1. The summed E-state index contributed by atoms with van der Waals surface area (Å²) in [7, 11) is 0. The maximum atomic E-state index is 11.8. The highest BCUT2D eigenvalue weighted by Gasteiger charge is 2.33. The summed E-state index contributed by atoms with van der Waals surface area (Å²) >= 11 is 0. The molecule has 4 nitrogen and oxygen atoms in total. The number of fused-ring (bicyclic) bond motifs is 1. The van der Waals surface area contributed by atoms with Gasteiger partial charge in [0.2, 0.25) is 0 Å². The minimum Gasteiger partial charge on any atom is -0.450 e. The van der Waals surface area contributed by atoms with Crippen molar-refractivity contribution in [1.82, 2.24) is 5.32 Å². The number of anilines is 1. The highest BCUT2D eigenvalue weighted by molar-refractivity contribution is 5.68. The van der Waals surface area contributed by atoms with E-state index in [9.17, 15) is 4.79 Å². The van der Waals surface area contributed by atoms with Crippen molar-refractivity contribution < 1.29 is 9.53 Å². The first-order valence-electron chi connectivity index (χ1n) is 7.60. The third-order valence-corrected chi connectivity index (χ3v) is 3.91. The van der Waals surface area contributed by atoms with E-state index in [2.05, 4.69) is 22.8 Å². The van der Waals surface area contributed by atoms with Gasteiger partial charge in [0.05, 0.1) is 18.7 Å². The first-order chi connectivity index (χ1) is 10.8. The average molecular weight is 296 g/mol. The van der Waals surface area contributed by atoms with Crippen LogP contribution in [0.1, 0.15) is 24.1 Å². The molecule has 2 atom stereocenters. The Morgan fingerprint density at radius 1 is 1.14 bits per heavy atom. The molecule has 22 heavy (non-hydrogen) atoms. The van der Waals surface area contributed by atoms with Gasteiger partial charge >= 0.3 is 6.09 Å². The van der Waals surface area contributed by atoms with E-state index in [0.717, 1.165) is 12.1 Å². The summed E-state index contributed by atoms with van der Waals surface area (Å²) in [6.07, 6.45) is 0.444. The fraction of sp³-hybridized carbons (Fsp3) is 0.278. The van der Waals surface area contributed by atoms with E-state index in [1.807, 2.05) is 49.4 Å². The Kier molecular flexibility index (Phi) is 4.28. The van der Waals surface area contributed by atoms with Gasteiger partial charge in [-0.25, -0.2) is 4.79 Å². The van der Waals surface area contributed by atoms with Crippen LogP contribution in [0.15, 0.2) is 54.6 Å². The minimum atomic E-state index is -0.361. The molecule has 0 fully saturated rings. The van der Waals surface area contributed by atoms with Gasteiger partial charge in [0.25, 0.3) is 0 Å². The number of alkyl carbamates (subject to hydrolysis) is 1. The van der Waals surface area contributed by atoms with Crippen molar-refractivity contribution in [3.05, 3.63) is 65.7 Å². The van der Waals surface area contributed by atoms with Crippen molar-refractivity contribution >= 4 is 11.8 Å². The van der Waals surface area contributed by atoms with Gasteiger partial charge in [-0.3, -0.25) is 0 Å². The fourth-order valence-corrected chi connectivity index (χ4v) is 2.95. The van der Waals surface area contributed by atoms with Crippen LogP contribution in [0.25, 0.3) is 0 Å². The van der Waals surface area contributed by atoms with Gasteiger partial charge in [0, 0.05) is 5.69 Å². The van der Waals surface area contributed by atoms with Gasteiger partial charge in [-0.2, -0.15) is 0 Å². The van der Waals surface area contributed by atoms with Crippen LogP contribution in [0.4, 0.5) is 10.5 Å². The van der Waals surface area contributed by atoms with Crippen LogP contribution in [0, 0.1) is 0 Å². The van der Waals surface area contributed by atoms with E-state index in [1.54, 1.807) is 0 Å². The molecule has 2 aromatic rings. The monoisotopic (exact) mass is 296 g/mol. The fourth-order valence-electron chi connectivity index (χ4n) is 2.95. The lowest BCUT2D eigenvalue weighted by atomic mass is 10.1. The highest BCUT2D eigenvalue weighted by atomic mass is 16.5. The molecule has 0 aliphatic heterocycles. The second-order valence-corrected chi connectivity index (χ2v) is 5.36. The zero-order valence-electron chi connectivity index (χ0n) is 12.6. The smallest absolute Gasteiger partial charge is 0.407 e. The molecule has 4 heteroatoms. The van der Waals surface area contributed by atoms with Gasteiger partial charge in [0.1, 0.15) is 0 Å². The molecule has 1 aliphatic rings. The molecule has 0 spiro atoms. The number of amides is 1. The summed E-state index contributed by atoms with van der Waals surface area (Å²) in [5.74, 6) is 0. The number of carbonyl (C=O) groups is 1. The molecule has 0 heterocycles. The topological polar surface area (TPSA) is 50.4 Å². The average Bonchev–Trinajstić information content (AvgIpc) is 2.86. The molecule has 0 bridgehead atoms. The molecule has 0 radical (unpaired) electrons. The van der Waals surface area contributed by atoms with Crippen LogP contribution >= 0.6 is 0 Å². The van der Waals surface area contributed by atoms with E-state index in [-0.39, 0.29) is 18.2 Å². The van der Waals surface area contributed by atoms with E-state index in [1.165, 1.54) is 11.1 Å². The van der Waals surface area contributed by atoms with Crippen LogP contribution < -0.4 is 10.6 Å². The standard InChI is InChI=1S/C18H20N2O2/c1-2-22-18(21)20-16-12-13-8-6-7-11-15(13)17(16)19-14-9-4-3-5-10-14/h3-11,16-17,19H,2,12H2,1H3,(H,20,21)/t16-,17-/m1/s1. The molecule has 3 rings (SSSR count). The first kappa shape index (κ1) is 14.4. The molecule has 0 aromatic heterocycles. The zero-order valence-corrected chi connectivity index (χ0v) is 12.6. The van der Waals surface area contributed by atoms with Crippen molar-refractivity contribution in [2.45, 2.75) is 25.4 Å². The second kappa shape index (κ2) is 6.52. The number of hydrogen-bond acceptors (Lipinski definition) is 3. The van der Waals surface area contributed by atoms with Gasteiger partial charge in [-0.05, 0) is 36.6 Å². The van der Waals surface area contributed by atoms with Crippen molar-refractivity contribution in [3.8, 4) is 0 Å². The van der Waals surface area contributed by atoms with Gasteiger partial charge in [-0.1, -0.05) is 42.5 Å². The number of nitrogens with one attached hydrogen (secondary N) is 2. The Morgan fingerprint density at radius 3 is 2.64 bits per heavy atom. The Bertz CT molecular complexity index is 643. The third-order valence-electron chi connectivity index (χ3n) is 3.91. The number of ether oxygens (including phenoxy) is 1. The van der Waals surface area contributed by atoms with Crippen molar-refractivity contribution in [2.24, 2.45) is 0 Å². The lowest BCUT2D eigenvalue weighted by molar-refractivity contribution is 0.147. The van der Waals surface area contributed by atoms with Crippen molar-refractivity contribution in [3.63, 3.8) is 0 Å². The molecule has 0 unspecified atom stereocenters. The molecule has 0 saturated heterocycles.